The van der Waals surface area contributed by atoms with Crippen molar-refractivity contribution < 1.29 is 14.7 Å². The summed E-state index contributed by atoms with van der Waals surface area (Å²) in [6, 6.07) is 23.5. The molecule has 1 aliphatic rings. The van der Waals surface area contributed by atoms with Gasteiger partial charge in [0.1, 0.15) is 0 Å². The van der Waals surface area contributed by atoms with E-state index in [4.69, 9.17) is 0 Å². The van der Waals surface area contributed by atoms with Crippen molar-refractivity contribution in [3.8, 4) is 0 Å². The number of aliphatic hydroxyl groups is 1. The van der Waals surface area contributed by atoms with Crippen molar-refractivity contribution in [3.63, 3.8) is 0 Å². The van der Waals surface area contributed by atoms with Gasteiger partial charge in [-0.05, 0) is 54.0 Å². The molecule has 3 aromatic rings. The number of benzene rings is 3. The van der Waals surface area contributed by atoms with Crippen LogP contribution in [0.1, 0.15) is 22.7 Å². The Morgan fingerprint density at radius 2 is 1.71 bits per heavy atom. The Hall–Kier alpha value is -3.44. The Balaban J connectivity index is 1.79. The van der Waals surface area contributed by atoms with E-state index in [0.717, 1.165) is 21.2 Å². The van der Waals surface area contributed by atoms with Gasteiger partial charge in [0.2, 0.25) is 0 Å². The first kappa shape index (κ1) is 20.8. The molecule has 0 fully saturated rings. The maximum absolute atomic E-state index is 13.2. The van der Waals surface area contributed by atoms with Crippen molar-refractivity contribution in [1.82, 2.24) is 0 Å². The minimum absolute atomic E-state index is 0.0704. The topological polar surface area (TPSA) is 57.6 Å². The van der Waals surface area contributed by atoms with Crippen LogP contribution in [0.5, 0.6) is 0 Å². The Morgan fingerprint density at radius 1 is 1.00 bits per heavy atom. The number of ketones is 1. The van der Waals surface area contributed by atoms with E-state index < -0.39 is 23.5 Å². The quantitative estimate of drug-likeness (QED) is 0.466. The normalized spacial score (nSPS) is 16.4. The average Bonchev–Trinajstić information content (AvgIpc) is 3.04. The number of carbonyl (C=O) groups is 2. The van der Waals surface area contributed by atoms with Crippen LogP contribution in [-0.4, -0.2) is 16.8 Å². The SMILES string of the molecule is Cc1cccc(N2C(=O)C(O)=C(C(=O)/C=C/c3ccccc3)[C@H]2c2ccc(Br)cc2)c1. The van der Waals surface area contributed by atoms with Gasteiger partial charge in [0.25, 0.3) is 5.91 Å². The number of carbonyl (C=O) groups excluding carboxylic acids is 2. The average molecular weight is 474 g/mol. The van der Waals surface area contributed by atoms with Gasteiger partial charge in [-0.2, -0.15) is 0 Å². The highest BCUT2D eigenvalue weighted by Gasteiger charge is 2.43. The number of rotatable bonds is 5. The van der Waals surface area contributed by atoms with Crippen LogP contribution in [0.2, 0.25) is 0 Å². The van der Waals surface area contributed by atoms with Crippen molar-refractivity contribution in [2.75, 3.05) is 4.90 Å². The lowest BCUT2D eigenvalue weighted by molar-refractivity contribution is -0.117. The molecule has 5 heteroatoms. The summed E-state index contributed by atoms with van der Waals surface area (Å²) in [5.74, 6) is -1.51. The summed E-state index contributed by atoms with van der Waals surface area (Å²) in [6.07, 6.45) is 3.08. The Bertz CT molecular complexity index is 1200. The number of anilines is 1. The molecule has 0 radical (unpaired) electrons. The largest absolute Gasteiger partial charge is 0.503 e. The monoisotopic (exact) mass is 473 g/mol. The smallest absolute Gasteiger partial charge is 0.294 e. The van der Waals surface area contributed by atoms with Gasteiger partial charge in [0.05, 0.1) is 11.6 Å². The van der Waals surface area contributed by atoms with E-state index in [0.29, 0.717) is 5.69 Å². The van der Waals surface area contributed by atoms with Crippen LogP contribution in [0.3, 0.4) is 0 Å². The number of nitrogens with zero attached hydrogens (tertiary/aromatic N) is 1. The highest BCUT2D eigenvalue weighted by Crippen LogP contribution is 2.41. The van der Waals surface area contributed by atoms with E-state index in [9.17, 15) is 14.7 Å². The van der Waals surface area contributed by atoms with Gasteiger partial charge in [-0.3, -0.25) is 14.5 Å². The molecule has 1 atom stereocenters. The molecule has 0 spiro atoms. The number of halogens is 1. The van der Waals surface area contributed by atoms with Crippen molar-refractivity contribution in [1.29, 1.82) is 0 Å². The predicted octanol–water partition coefficient (Wildman–Crippen LogP) is 5.94. The molecule has 0 unspecified atom stereocenters. The van der Waals surface area contributed by atoms with E-state index >= 15 is 0 Å². The molecule has 1 N–H and O–H groups in total. The van der Waals surface area contributed by atoms with Crippen LogP contribution in [0.15, 0.2) is 101 Å². The molecule has 154 valence electrons. The van der Waals surface area contributed by atoms with Gasteiger partial charge >= 0.3 is 0 Å². The van der Waals surface area contributed by atoms with Gasteiger partial charge in [0.15, 0.2) is 11.5 Å². The van der Waals surface area contributed by atoms with Gasteiger partial charge in [-0.1, -0.05) is 76.6 Å². The molecule has 0 aromatic heterocycles. The van der Waals surface area contributed by atoms with Crippen LogP contribution in [0.25, 0.3) is 6.08 Å². The van der Waals surface area contributed by atoms with Crippen LogP contribution in [-0.2, 0) is 9.59 Å². The lowest BCUT2D eigenvalue weighted by Crippen LogP contribution is -2.30. The van der Waals surface area contributed by atoms with E-state index in [2.05, 4.69) is 15.9 Å². The zero-order valence-electron chi connectivity index (χ0n) is 16.8. The second-order valence-corrected chi connectivity index (χ2v) is 8.25. The number of hydrogen-bond donors (Lipinski definition) is 1. The van der Waals surface area contributed by atoms with Gasteiger partial charge in [0, 0.05) is 10.2 Å². The molecular formula is C26H20BrNO3. The zero-order chi connectivity index (χ0) is 22.0. The summed E-state index contributed by atoms with van der Waals surface area (Å²) in [6.45, 7) is 1.93. The minimum Gasteiger partial charge on any atom is -0.503 e. The highest BCUT2D eigenvalue weighted by atomic mass is 79.9. The minimum atomic E-state index is -0.727. The second-order valence-electron chi connectivity index (χ2n) is 7.34. The standard InChI is InChI=1S/C26H20BrNO3/c1-17-6-5-9-21(16-17)28-24(19-11-13-20(27)14-12-19)23(25(30)26(28)31)22(29)15-10-18-7-3-2-4-8-18/h2-16,24,30H,1H3/b15-10+/t24-/m1/s1. The maximum Gasteiger partial charge on any atom is 0.294 e. The number of aliphatic hydroxyl groups excluding tert-OH is 1. The first-order valence-corrected chi connectivity index (χ1v) is 10.6. The number of aryl methyl sites for hydroxylation is 1. The molecule has 0 bridgehead atoms. The van der Waals surface area contributed by atoms with Crippen LogP contribution >= 0.6 is 15.9 Å². The van der Waals surface area contributed by atoms with Gasteiger partial charge < -0.3 is 5.11 Å². The van der Waals surface area contributed by atoms with Crippen LogP contribution in [0, 0.1) is 6.92 Å². The summed E-state index contributed by atoms with van der Waals surface area (Å²) in [7, 11) is 0. The number of allylic oxidation sites excluding steroid dienone is 1. The Labute approximate surface area is 189 Å². The van der Waals surface area contributed by atoms with Crippen LogP contribution < -0.4 is 4.90 Å². The predicted molar refractivity (Wildman–Crippen MR) is 126 cm³/mol. The molecule has 0 saturated carbocycles. The first-order chi connectivity index (χ1) is 15.0. The molecule has 3 aromatic carbocycles. The van der Waals surface area contributed by atoms with Crippen molar-refractivity contribution >= 4 is 39.4 Å². The highest BCUT2D eigenvalue weighted by molar-refractivity contribution is 9.10. The van der Waals surface area contributed by atoms with E-state index in [1.807, 2.05) is 79.7 Å². The van der Waals surface area contributed by atoms with Gasteiger partial charge in [-0.15, -0.1) is 0 Å². The zero-order valence-corrected chi connectivity index (χ0v) is 18.4. The van der Waals surface area contributed by atoms with E-state index in [1.54, 1.807) is 12.1 Å². The molecule has 0 saturated heterocycles. The molecular weight excluding hydrogens is 454 g/mol. The second kappa shape index (κ2) is 8.74. The molecule has 1 amide bonds. The van der Waals surface area contributed by atoms with Crippen molar-refractivity contribution in [3.05, 3.63) is 117 Å². The van der Waals surface area contributed by atoms with Crippen molar-refractivity contribution in [2.45, 2.75) is 13.0 Å². The summed E-state index contributed by atoms with van der Waals surface area (Å²) in [5.41, 5.74) is 3.26. The molecule has 0 aliphatic carbocycles. The third-order valence-electron chi connectivity index (χ3n) is 5.17. The first-order valence-electron chi connectivity index (χ1n) is 9.82. The van der Waals surface area contributed by atoms with Crippen molar-refractivity contribution in [2.24, 2.45) is 0 Å². The third kappa shape index (κ3) is 4.23. The fourth-order valence-electron chi connectivity index (χ4n) is 3.69. The maximum atomic E-state index is 13.2. The van der Waals surface area contributed by atoms with E-state index in [1.165, 1.54) is 11.0 Å². The fraction of sp³-hybridized carbons (Fsp3) is 0.0769. The summed E-state index contributed by atoms with van der Waals surface area (Å²) in [5, 5.41) is 10.7. The van der Waals surface area contributed by atoms with Gasteiger partial charge in [-0.25, -0.2) is 0 Å². The molecule has 31 heavy (non-hydrogen) atoms. The summed E-state index contributed by atoms with van der Waals surface area (Å²) < 4.78 is 0.882. The molecule has 4 nitrogen and oxygen atoms in total. The Kier molecular flexibility index (Phi) is 5.87. The number of amides is 1. The lowest BCUT2D eigenvalue weighted by Gasteiger charge is -2.27. The third-order valence-corrected chi connectivity index (χ3v) is 5.69. The Morgan fingerprint density at radius 3 is 2.39 bits per heavy atom. The molecule has 4 rings (SSSR count). The fourth-order valence-corrected chi connectivity index (χ4v) is 3.95. The molecule has 1 heterocycles. The summed E-state index contributed by atoms with van der Waals surface area (Å²) in [4.78, 5) is 27.7. The number of hydrogen-bond acceptors (Lipinski definition) is 3. The lowest BCUT2D eigenvalue weighted by atomic mass is 9.95. The summed E-state index contributed by atoms with van der Waals surface area (Å²) >= 11 is 3.42. The molecule has 1 aliphatic heterocycles. The van der Waals surface area contributed by atoms with E-state index in [-0.39, 0.29) is 5.57 Å². The van der Waals surface area contributed by atoms with Crippen LogP contribution in [0.4, 0.5) is 5.69 Å².